The average molecular weight is 802 g/mol. The third kappa shape index (κ3) is 42.2. The highest BCUT2D eigenvalue weighted by Crippen LogP contribution is 2.43. The summed E-state index contributed by atoms with van der Waals surface area (Å²) in [5.74, 6) is -0.818. The van der Waals surface area contributed by atoms with E-state index in [9.17, 15) is 19.0 Å². The molecule has 0 aromatic carbocycles. The Balaban J connectivity index is 4.07. The molecular weight excluding hydrogens is 713 g/mol. The van der Waals surface area contributed by atoms with Crippen molar-refractivity contribution in [2.75, 3.05) is 26.4 Å². The predicted octanol–water partition coefficient (Wildman–Crippen LogP) is 13.4. The molecular formula is C45H88NO8P. The molecule has 0 saturated carbocycles. The predicted molar refractivity (Wildman–Crippen MR) is 229 cm³/mol. The van der Waals surface area contributed by atoms with Crippen LogP contribution in [0.3, 0.4) is 0 Å². The Bertz CT molecular complexity index is 917. The summed E-state index contributed by atoms with van der Waals surface area (Å²) in [6, 6.07) is 0. The number of phosphoric acid groups is 1. The van der Waals surface area contributed by atoms with Gasteiger partial charge in [-0.05, 0) is 38.5 Å². The van der Waals surface area contributed by atoms with Crippen molar-refractivity contribution in [1.29, 1.82) is 0 Å². The van der Waals surface area contributed by atoms with Gasteiger partial charge < -0.3 is 20.1 Å². The van der Waals surface area contributed by atoms with Gasteiger partial charge in [0.25, 0.3) is 0 Å². The first kappa shape index (κ1) is 53.8. The quantitative estimate of drug-likeness (QED) is 0.0267. The van der Waals surface area contributed by atoms with Gasteiger partial charge in [-0.2, -0.15) is 0 Å². The highest BCUT2D eigenvalue weighted by molar-refractivity contribution is 7.47. The average Bonchev–Trinajstić information content (AvgIpc) is 3.17. The number of carbonyl (C=O) groups is 2. The standard InChI is InChI=1S/C45H88NO8P/c1-3-5-7-9-11-13-15-17-19-20-21-22-24-25-27-29-31-33-35-37-44(47)51-41-43(42-53-55(49,50)52-40-39-46)54-45(48)38-36-34-32-30-28-26-23-18-16-14-12-10-8-6-4-2/h17,19,43H,3-16,18,20-42,46H2,1-2H3,(H,49,50)/t43-/m1/s1. The fourth-order valence-electron chi connectivity index (χ4n) is 6.69. The normalized spacial score (nSPS) is 13.3. The van der Waals surface area contributed by atoms with Crippen molar-refractivity contribution < 1.29 is 37.6 Å². The second-order valence-electron chi connectivity index (χ2n) is 15.6. The molecule has 0 heterocycles. The molecule has 0 saturated heterocycles. The first-order chi connectivity index (χ1) is 26.8. The van der Waals surface area contributed by atoms with Gasteiger partial charge in [0.2, 0.25) is 0 Å². The van der Waals surface area contributed by atoms with Crippen molar-refractivity contribution in [1.82, 2.24) is 0 Å². The molecule has 0 aromatic rings. The number of hydrogen-bond acceptors (Lipinski definition) is 8. The Kier molecular flexibility index (Phi) is 41.4. The first-order valence-electron chi connectivity index (χ1n) is 23.2. The molecule has 2 atom stereocenters. The molecule has 10 heteroatoms. The number of unbranched alkanes of at least 4 members (excludes halogenated alkanes) is 29. The Morgan fingerprint density at radius 2 is 0.891 bits per heavy atom. The number of nitrogens with two attached hydrogens (primary N) is 1. The molecule has 0 aliphatic carbocycles. The van der Waals surface area contributed by atoms with E-state index in [1.54, 1.807) is 0 Å². The number of ether oxygens (including phenoxy) is 2. The van der Waals surface area contributed by atoms with Crippen LogP contribution < -0.4 is 5.73 Å². The van der Waals surface area contributed by atoms with Gasteiger partial charge >= 0.3 is 19.8 Å². The van der Waals surface area contributed by atoms with Gasteiger partial charge in [0.15, 0.2) is 6.10 Å². The third-order valence-corrected chi connectivity index (χ3v) is 11.1. The summed E-state index contributed by atoms with van der Waals surface area (Å²) in [5, 5.41) is 0. The van der Waals surface area contributed by atoms with Crippen molar-refractivity contribution in [3.63, 3.8) is 0 Å². The van der Waals surface area contributed by atoms with Gasteiger partial charge in [0.1, 0.15) is 6.61 Å². The van der Waals surface area contributed by atoms with Crippen molar-refractivity contribution in [2.24, 2.45) is 5.73 Å². The van der Waals surface area contributed by atoms with Gasteiger partial charge in [-0.15, -0.1) is 0 Å². The molecule has 3 N–H and O–H groups in total. The van der Waals surface area contributed by atoms with E-state index in [0.29, 0.717) is 6.42 Å². The molecule has 1 unspecified atom stereocenters. The fourth-order valence-corrected chi connectivity index (χ4v) is 7.45. The van der Waals surface area contributed by atoms with E-state index in [-0.39, 0.29) is 38.6 Å². The van der Waals surface area contributed by atoms with E-state index < -0.39 is 26.5 Å². The second-order valence-corrected chi connectivity index (χ2v) is 17.1. The summed E-state index contributed by atoms with van der Waals surface area (Å²) in [7, 11) is -4.37. The number of rotatable bonds is 44. The number of phosphoric ester groups is 1. The Hall–Kier alpha value is -1.25. The summed E-state index contributed by atoms with van der Waals surface area (Å²) >= 11 is 0. The van der Waals surface area contributed by atoms with Crippen LogP contribution in [-0.4, -0.2) is 49.3 Å². The lowest BCUT2D eigenvalue weighted by Crippen LogP contribution is -2.29. The smallest absolute Gasteiger partial charge is 0.462 e. The van der Waals surface area contributed by atoms with Crippen LogP contribution in [-0.2, 0) is 32.7 Å². The zero-order valence-corrected chi connectivity index (χ0v) is 36.8. The number of carbonyl (C=O) groups excluding carboxylic acids is 2. The summed E-state index contributed by atoms with van der Waals surface area (Å²) in [6.45, 7) is 3.76. The van der Waals surface area contributed by atoms with E-state index >= 15 is 0 Å². The van der Waals surface area contributed by atoms with Crippen LogP contribution in [0.4, 0.5) is 0 Å². The van der Waals surface area contributed by atoms with Gasteiger partial charge in [0.05, 0.1) is 13.2 Å². The Morgan fingerprint density at radius 1 is 0.527 bits per heavy atom. The maximum atomic E-state index is 12.6. The van der Waals surface area contributed by atoms with Crippen LogP contribution in [0.5, 0.6) is 0 Å². The Morgan fingerprint density at radius 3 is 1.29 bits per heavy atom. The highest BCUT2D eigenvalue weighted by Gasteiger charge is 2.26. The molecule has 0 bridgehead atoms. The minimum absolute atomic E-state index is 0.0562. The van der Waals surface area contributed by atoms with Crippen LogP contribution in [0.1, 0.15) is 232 Å². The second kappa shape index (κ2) is 42.4. The number of allylic oxidation sites excluding steroid dienone is 2. The topological polar surface area (TPSA) is 134 Å². The molecule has 326 valence electrons. The molecule has 0 aromatic heterocycles. The van der Waals surface area contributed by atoms with Crippen LogP contribution >= 0.6 is 7.82 Å². The fraction of sp³-hybridized carbons (Fsp3) is 0.911. The van der Waals surface area contributed by atoms with E-state index in [0.717, 1.165) is 32.1 Å². The summed E-state index contributed by atoms with van der Waals surface area (Å²) in [4.78, 5) is 34.9. The Labute approximate surface area is 339 Å². The van der Waals surface area contributed by atoms with Crippen molar-refractivity contribution in [3.8, 4) is 0 Å². The maximum Gasteiger partial charge on any atom is 0.472 e. The van der Waals surface area contributed by atoms with Crippen LogP contribution in [0.15, 0.2) is 12.2 Å². The van der Waals surface area contributed by atoms with Crippen LogP contribution in [0.2, 0.25) is 0 Å². The molecule has 0 rings (SSSR count). The van der Waals surface area contributed by atoms with Crippen LogP contribution in [0.25, 0.3) is 0 Å². The van der Waals surface area contributed by atoms with Gasteiger partial charge in [-0.25, -0.2) is 4.57 Å². The van der Waals surface area contributed by atoms with Crippen molar-refractivity contribution in [2.45, 2.75) is 238 Å². The SMILES string of the molecule is CCCCCCCCC=CCCCCCCCCCCCC(=O)OC[C@H](COP(=O)(O)OCCN)OC(=O)CCCCCCCCCCCCCCCCC. The summed E-state index contributed by atoms with van der Waals surface area (Å²) < 4.78 is 32.8. The summed E-state index contributed by atoms with van der Waals surface area (Å²) in [5.41, 5.74) is 5.35. The minimum atomic E-state index is -4.37. The highest BCUT2D eigenvalue weighted by atomic mass is 31.2. The van der Waals surface area contributed by atoms with Gasteiger partial charge in [-0.3, -0.25) is 18.6 Å². The lowest BCUT2D eigenvalue weighted by molar-refractivity contribution is -0.161. The minimum Gasteiger partial charge on any atom is -0.462 e. The molecule has 9 nitrogen and oxygen atoms in total. The zero-order valence-electron chi connectivity index (χ0n) is 35.9. The zero-order chi connectivity index (χ0) is 40.3. The molecule has 0 amide bonds. The maximum absolute atomic E-state index is 12.6. The van der Waals surface area contributed by atoms with E-state index in [4.69, 9.17) is 24.3 Å². The van der Waals surface area contributed by atoms with Crippen molar-refractivity contribution in [3.05, 3.63) is 12.2 Å². The molecule has 0 fully saturated rings. The first-order valence-corrected chi connectivity index (χ1v) is 24.7. The van der Waals surface area contributed by atoms with Crippen LogP contribution in [0, 0.1) is 0 Å². The molecule has 0 radical (unpaired) electrons. The van der Waals surface area contributed by atoms with E-state index in [1.165, 1.54) is 167 Å². The molecule has 0 spiro atoms. The summed E-state index contributed by atoms with van der Waals surface area (Å²) in [6.07, 6.45) is 43.8. The lowest BCUT2D eigenvalue weighted by Gasteiger charge is -2.19. The third-order valence-electron chi connectivity index (χ3n) is 10.2. The van der Waals surface area contributed by atoms with Gasteiger partial charge in [0, 0.05) is 19.4 Å². The molecule has 0 aliphatic rings. The number of esters is 2. The van der Waals surface area contributed by atoms with Crippen molar-refractivity contribution >= 4 is 19.8 Å². The number of hydrogen-bond donors (Lipinski definition) is 2. The van der Waals surface area contributed by atoms with E-state index in [1.807, 2.05) is 0 Å². The largest absolute Gasteiger partial charge is 0.472 e. The molecule has 0 aliphatic heterocycles. The monoisotopic (exact) mass is 802 g/mol. The lowest BCUT2D eigenvalue weighted by atomic mass is 10.0. The van der Waals surface area contributed by atoms with Gasteiger partial charge in [-0.1, -0.05) is 193 Å². The van der Waals surface area contributed by atoms with E-state index in [2.05, 4.69) is 26.0 Å². The molecule has 55 heavy (non-hydrogen) atoms.